The van der Waals surface area contributed by atoms with Crippen LogP contribution in [0, 0.1) is 6.92 Å². The summed E-state index contributed by atoms with van der Waals surface area (Å²) in [7, 11) is 0. The predicted molar refractivity (Wildman–Crippen MR) is 146 cm³/mol. The molecule has 5 aromatic rings. The van der Waals surface area contributed by atoms with E-state index in [9.17, 15) is 23.1 Å². The Hall–Kier alpha value is -4.38. The van der Waals surface area contributed by atoms with Crippen molar-refractivity contribution in [1.82, 2.24) is 9.72 Å². The molecule has 0 radical (unpaired) electrons. The number of fused-ring (bicyclic) bond motifs is 2. The molecule has 0 amide bonds. The highest BCUT2D eigenvalue weighted by molar-refractivity contribution is 6.31. The fourth-order valence-electron chi connectivity index (χ4n) is 4.57. The first-order chi connectivity index (χ1) is 19.4. The number of aromatic nitrogens is 2. The van der Waals surface area contributed by atoms with Gasteiger partial charge in [0.25, 0.3) is 0 Å². The lowest BCUT2D eigenvalue weighted by atomic mass is 10.1. The van der Waals surface area contributed by atoms with Crippen LogP contribution in [-0.4, -0.2) is 33.3 Å². The number of benzene rings is 3. The monoisotopic (exact) mass is 588 g/mol. The summed E-state index contributed by atoms with van der Waals surface area (Å²) in [6.45, 7) is 5.13. The zero-order valence-corrected chi connectivity index (χ0v) is 22.8. The lowest BCUT2D eigenvalue weighted by Crippen LogP contribution is -2.22. The Kier molecular flexibility index (Phi) is 7.48. The molecule has 0 fully saturated rings. The van der Waals surface area contributed by atoms with Crippen LogP contribution in [0.25, 0.3) is 27.7 Å². The first kappa shape index (κ1) is 28.2. The molecule has 41 heavy (non-hydrogen) atoms. The van der Waals surface area contributed by atoms with E-state index in [1.54, 1.807) is 47.9 Å². The number of carboxylic acids is 1. The topological polar surface area (TPSA) is 96.0 Å². The summed E-state index contributed by atoms with van der Waals surface area (Å²) in [5.74, 6) is -0.301. The number of hydrogen-bond donors (Lipinski definition) is 1. The second-order valence-electron chi connectivity index (χ2n) is 9.34. The highest BCUT2D eigenvalue weighted by Crippen LogP contribution is 2.43. The van der Waals surface area contributed by atoms with Crippen LogP contribution in [0.2, 0.25) is 5.02 Å². The molecule has 2 aromatic heterocycles. The maximum absolute atomic E-state index is 13.1. The molecule has 0 aliphatic carbocycles. The molecular formula is C29H24ClF3N2O6. The number of nitrogens with zero attached hydrogens (tertiary/aromatic N) is 2. The van der Waals surface area contributed by atoms with Crippen LogP contribution in [0.1, 0.15) is 31.5 Å². The maximum atomic E-state index is 13.1. The van der Waals surface area contributed by atoms with Gasteiger partial charge in [-0.3, -0.25) is 4.57 Å². The van der Waals surface area contributed by atoms with Crippen molar-refractivity contribution in [2.75, 3.05) is 0 Å². The Morgan fingerprint density at radius 1 is 1.10 bits per heavy atom. The first-order valence-electron chi connectivity index (χ1n) is 12.6. The standard InChI is InChI=1S/C29H24ClF3N2O6/c1-4-5-17-6-8-19(38-16(3)28(36)37)14-24(17)39-26-15(2)35(27-21-10-7-18(30)12-25(21)41-34-27)23-11-9-20(13-22(23)26)40-29(31,32)33/h6-14,16H,4-5H2,1-3H3,(H,36,37)/t16-/m0/s1. The minimum atomic E-state index is -4.89. The molecule has 0 unspecified atom stereocenters. The molecule has 214 valence electrons. The van der Waals surface area contributed by atoms with E-state index in [1.165, 1.54) is 25.1 Å². The van der Waals surface area contributed by atoms with E-state index in [0.29, 0.717) is 50.6 Å². The van der Waals surface area contributed by atoms with Gasteiger partial charge in [-0.15, -0.1) is 13.2 Å². The summed E-state index contributed by atoms with van der Waals surface area (Å²) < 4.78 is 62.7. The van der Waals surface area contributed by atoms with E-state index in [4.69, 9.17) is 25.6 Å². The minimum Gasteiger partial charge on any atom is -0.479 e. The maximum Gasteiger partial charge on any atom is 0.573 e. The fraction of sp³-hybridized carbons (Fsp3) is 0.241. The third-order valence-electron chi connectivity index (χ3n) is 6.41. The number of ether oxygens (including phenoxy) is 3. The molecule has 0 bridgehead atoms. The largest absolute Gasteiger partial charge is 0.573 e. The van der Waals surface area contributed by atoms with Crippen molar-refractivity contribution in [3.63, 3.8) is 0 Å². The van der Waals surface area contributed by atoms with Gasteiger partial charge in [-0.25, -0.2) is 4.79 Å². The van der Waals surface area contributed by atoms with Gasteiger partial charge in [0.1, 0.15) is 17.2 Å². The predicted octanol–water partition coefficient (Wildman–Crippen LogP) is 8.23. The van der Waals surface area contributed by atoms with Crippen LogP contribution in [0.3, 0.4) is 0 Å². The summed E-state index contributed by atoms with van der Waals surface area (Å²) in [4.78, 5) is 11.3. The van der Waals surface area contributed by atoms with Crippen molar-refractivity contribution >= 4 is 39.4 Å². The molecule has 2 heterocycles. The third kappa shape index (κ3) is 5.76. The van der Waals surface area contributed by atoms with E-state index < -0.39 is 24.2 Å². The number of rotatable bonds is 9. The second-order valence-corrected chi connectivity index (χ2v) is 9.78. The Morgan fingerprint density at radius 2 is 1.85 bits per heavy atom. The van der Waals surface area contributed by atoms with Gasteiger partial charge < -0.3 is 23.8 Å². The van der Waals surface area contributed by atoms with E-state index in [2.05, 4.69) is 9.89 Å². The molecule has 12 heteroatoms. The van der Waals surface area contributed by atoms with Gasteiger partial charge in [0.2, 0.25) is 0 Å². The van der Waals surface area contributed by atoms with Gasteiger partial charge in [-0.05, 0) is 62.2 Å². The molecule has 0 aliphatic heterocycles. The van der Waals surface area contributed by atoms with Gasteiger partial charge in [-0.1, -0.05) is 36.2 Å². The van der Waals surface area contributed by atoms with Crippen molar-refractivity contribution in [1.29, 1.82) is 0 Å². The van der Waals surface area contributed by atoms with Crippen LogP contribution in [-0.2, 0) is 11.2 Å². The molecular weight excluding hydrogens is 565 g/mol. The quantitative estimate of drug-likeness (QED) is 0.185. The van der Waals surface area contributed by atoms with E-state index in [-0.39, 0.29) is 11.5 Å². The van der Waals surface area contributed by atoms with Crippen molar-refractivity contribution in [2.45, 2.75) is 46.1 Å². The van der Waals surface area contributed by atoms with Crippen LogP contribution < -0.4 is 14.2 Å². The highest BCUT2D eigenvalue weighted by atomic mass is 35.5. The number of carbonyl (C=O) groups is 1. The van der Waals surface area contributed by atoms with E-state index >= 15 is 0 Å². The number of carboxylic acid groups (broad SMARTS) is 1. The molecule has 3 aromatic carbocycles. The second kappa shape index (κ2) is 10.9. The third-order valence-corrected chi connectivity index (χ3v) is 6.64. The average Bonchev–Trinajstić information content (AvgIpc) is 3.42. The average molecular weight is 589 g/mol. The van der Waals surface area contributed by atoms with Gasteiger partial charge in [0, 0.05) is 22.5 Å². The van der Waals surface area contributed by atoms with Crippen molar-refractivity contribution in [3.05, 3.63) is 70.9 Å². The Morgan fingerprint density at radius 3 is 2.56 bits per heavy atom. The van der Waals surface area contributed by atoms with Crippen molar-refractivity contribution in [3.8, 4) is 28.8 Å². The number of hydrogen-bond acceptors (Lipinski definition) is 6. The van der Waals surface area contributed by atoms with Crippen molar-refractivity contribution in [2.24, 2.45) is 0 Å². The van der Waals surface area contributed by atoms with Crippen LogP contribution in [0.15, 0.2) is 59.1 Å². The normalized spacial score (nSPS) is 12.6. The minimum absolute atomic E-state index is 0.249. The lowest BCUT2D eigenvalue weighted by Gasteiger charge is -2.15. The fourth-order valence-corrected chi connectivity index (χ4v) is 4.73. The summed E-state index contributed by atoms with van der Waals surface area (Å²) in [6.07, 6.45) is -4.60. The van der Waals surface area contributed by atoms with Crippen LogP contribution in [0.5, 0.6) is 23.0 Å². The van der Waals surface area contributed by atoms with Crippen LogP contribution in [0.4, 0.5) is 13.2 Å². The molecule has 8 nitrogen and oxygen atoms in total. The van der Waals surface area contributed by atoms with Gasteiger partial charge in [-0.2, -0.15) is 0 Å². The molecule has 1 atom stereocenters. The number of alkyl halides is 3. The first-order valence-corrected chi connectivity index (χ1v) is 13.0. The van der Waals surface area contributed by atoms with Crippen LogP contribution >= 0.6 is 11.6 Å². The molecule has 1 N–H and O–H groups in total. The van der Waals surface area contributed by atoms with Gasteiger partial charge >= 0.3 is 12.3 Å². The number of aliphatic carboxylic acids is 1. The summed E-state index contributed by atoms with van der Waals surface area (Å²) >= 11 is 6.10. The highest BCUT2D eigenvalue weighted by Gasteiger charge is 2.32. The molecule has 0 saturated carbocycles. The van der Waals surface area contributed by atoms with Gasteiger partial charge in [0.15, 0.2) is 23.3 Å². The molecule has 0 aliphatic rings. The Balaban J connectivity index is 1.69. The van der Waals surface area contributed by atoms with Gasteiger partial charge in [0.05, 0.1) is 16.6 Å². The number of halogens is 4. The smallest absolute Gasteiger partial charge is 0.479 e. The molecule has 5 rings (SSSR count). The summed E-state index contributed by atoms with van der Waals surface area (Å²) in [5.41, 5.74) is 2.23. The van der Waals surface area contributed by atoms with E-state index in [0.717, 1.165) is 12.0 Å². The Labute approximate surface area is 236 Å². The van der Waals surface area contributed by atoms with Crippen molar-refractivity contribution < 1.29 is 41.8 Å². The number of aryl methyl sites for hydroxylation is 1. The zero-order chi connectivity index (χ0) is 29.5. The lowest BCUT2D eigenvalue weighted by molar-refractivity contribution is -0.274. The Bertz CT molecular complexity index is 1760. The SMILES string of the molecule is CCCc1ccc(O[C@@H](C)C(=O)O)cc1Oc1c(C)n(-c2noc3cc(Cl)ccc23)c2ccc(OC(F)(F)F)cc12. The molecule has 0 saturated heterocycles. The molecule has 0 spiro atoms. The summed E-state index contributed by atoms with van der Waals surface area (Å²) in [6, 6.07) is 13.9. The summed E-state index contributed by atoms with van der Waals surface area (Å²) in [5, 5.41) is 14.9. The zero-order valence-electron chi connectivity index (χ0n) is 22.1. The van der Waals surface area contributed by atoms with E-state index in [1.807, 2.05) is 6.92 Å².